The van der Waals surface area contributed by atoms with E-state index in [1.54, 1.807) is 24.3 Å². The lowest BCUT2D eigenvalue weighted by molar-refractivity contribution is -0.126. The normalized spacial score (nSPS) is 19.5. The molecule has 2 aromatic rings. The number of thiophene rings is 1. The van der Waals surface area contributed by atoms with Gasteiger partial charge in [0.25, 0.3) is 0 Å². The minimum Gasteiger partial charge on any atom is -0.355 e. The summed E-state index contributed by atoms with van der Waals surface area (Å²) in [5.74, 6) is -0.223. The molecule has 29 heavy (non-hydrogen) atoms. The first-order valence-electron chi connectivity index (χ1n) is 9.81. The number of nitrogens with one attached hydrogen (secondary N) is 1. The van der Waals surface area contributed by atoms with Crippen molar-refractivity contribution in [3.63, 3.8) is 0 Å². The van der Waals surface area contributed by atoms with E-state index < -0.39 is 10.0 Å². The summed E-state index contributed by atoms with van der Waals surface area (Å²) < 4.78 is 33.4. The number of piperidine rings is 1. The van der Waals surface area contributed by atoms with Gasteiger partial charge in [0.2, 0.25) is 15.9 Å². The second-order valence-corrected chi connectivity index (χ2v) is 10.2. The van der Waals surface area contributed by atoms with E-state index in [-0.39, 0.29) is 35.1 Å². The van der Waals surface area contributed by atoms with E-state index in [1.165, 1.54) is 4.31 Å². The quantitative estimate of drug-likeness (QED) is 0.715. The Morgan fingerprint density at radius 3 is 2.97 bits per heavy atom. The topological polar surface area (TPSA) is 92.5 Å². The van der Waals surface area contributed by atoms with Gasteiger partial charge in [-0.3, -0.25) is 4.79 Å². The van der Waals surface area contributed by atoms with Gasteiger partial charge >= 0.3 is 0 Å². The third-order valence-corrected chi connectivity index (χ3v) is 7.99. The van der Waals surface area contributed by atoms with Gasteiger partial charge in [-0.05, 0) is 56.7 Å². The van der Waals surface area contributed by atoms with Crippen molar-refractivity contribution in [2.75, 3.05) is 13.1 Å². The van der Waals surface area contributed by atoms with Crippen LogP contribution in [0.1, 0.15) is 49.4 Å². The molecule has 0 unspecified atom stereocenters. The molecule has 1 fully saturated rings. The van der Waals surface area contributed by atoms with Crippen molar-refractivity contribution in [1.82, 2.24) is 14.8 Å². The molecular weight excluding hydrogens is 410 g/mol. The zero-order valence-corrected chi connectivity index (χ0v) is 18.6. The molecule has 1 amide bonds. The molecule has 3 heterocycles. The van der Waals surface area contributed by atoms with Gasteiger partial charge in [0.15, 0.2) is 10.7 Å². The number of aryl methyl sites for hydroxylation is 1. The van der Waals surface area contributed by atoms with E-state index in [4.69, 9.17) is 4.52 Å². The Kier molecular flexibility index (Phi) is 6.92. The van der Waals surface area contributed by atoms with Crippen LogP contribution in [0, 0.1) is 12.8 Å². The fourth-order valence-corrected chi connectivity index (χ4v) is 5.70. The van der Waals surface area contributed by atoms with E-state index in [2.05, 4.69) is 10.5 Å². The molecule has 1 N–H and O–H groups in total. The Labute approximate surface area is 175 Å². The first-order chi connectivity index (χ1) is 13.8. The number of sulfonamides is 1. The van der Waals surface area contributed by atoms with Crippen LogP contribution in [0.5, 0.6) is 0 Å². The van der Waals surface area contributed by atoms with E-state index in [9.17, 15) is 13.2 Å². The standard InChI is InChI=1S/C20H27N3O4S2/c1-4-14(2)21-20(24)16-7-5-11-23(13-16)29(25,26)19-15(3)22-27-18(19)10-9-17-8-6-12-28-17/h6,8-10,12,14,16H,4-5,7,11,13H2,1-3H3,(H,21,24)/b10-9+/t14-,16+/m1/s1. The summed E-state index contributed by atoms with van der Waals surface area (Å²) in [4.78, 5) is 13.6. The lowest BCUT2D eigenvalue weighted by Gasteiger charge is -2.31. The SMILES string of the molecule is CC[C@@H](C)NC(=O)[C@H]1CCCN(S(=O)(=O)c2c(C)noc2/C=C/c2cccs2)C1. The molecule has 1 saturated heterocycles. The molecule has 1 aliphatic heterocycles. The van der Waals surface area contributed by atoms with Crippen LogP contribution < -0.4 is 5.32 Å². The second kappa shape index (κ2) is 9.23. The predicted molar refractivity (Wildman–Crippen MR) is 114 cm³/mol. The molecule has 2 atom stereocenters. The van der Waals surface area contributed by atoms with Gasteiger partial charge in [0, 0.05) is 24.0 Å². The van der Waals surface area contributed by atoms with Gasteiger partial charge in [0.1, 0.15) is 5.69 Å². The Morgan fingerprint density at radius 1 is 1.48 bits per heavy atom. The Morgan fingerprint density at radius 2 is 2.28 bits per heavy atom. The van der Waals surface area contributed by atoms with Crippen molar-refractivity contribution in [2.45, 2.75) is 51.0 Å². The summed E-state index contributed by atoms with van der Waals surface area (Å²) in [7, 11) is -3.82. The zero-order valence-electron chi connectivity index (χ0n) is 16.9. The summed E-state index contributed by atoms with van der Waals surface area (Å²) in [6, 6.07) is 3.93. The van der Waals surface area contributed by atoms with E-state index in [1.807, 2.05) is 37.4 Å². The highest BCUT2D eigenvalue weighted by Gasteiger charge is 2.37. The van der Waals surface area contributed by atoms with Crippen molar-refractivity contribution in [3.05, 3.63) is 33.8 Å². The minimum absolute atomic E-state index is 0.0730. The smallest absolute Gasteiger partial charge is 0.248 e. The third-order valence-electron chi connectivity index (χ3n) is 5.13. The highest BCUT2D eigenvalue weighted by molar-refractivity contribution is 7.89. The van der Waals surface area contributed by atoms with Gasteiger partial charge in [0.05, 0.1) is 5.92 Å². The number of amides is 1. The third kappa shape index (κ3) is 4.96. The van der Waals surface area contributed by atoms with Crippen molar-refractivity contribution >= 4 is 39.4 Å². The number of rotatable bonds is 7. The molecule has 1 aliphatic rings. The van der Waals surface area contributed by atoms with E-state index in [0.717, 1.165) is 11.3 Å². The molecule has 0 spiro atoms. The summed E-state index contributed by atoms with van der Waals surface area (Å²) in [5.41, 5.74) is 0.321. The molecule has 0 aromatic carbocycles. The first-order valence-corrected chi connectivity index (χ1v) is 12.1. The highest BCUT2D eigenvalue weighted by atomic mass is 32.2. The van der Waals surface area contributed by atoms with Crippen molar-refractivity contribution in [3.8, 4) is 0 Å². The van der Waals surface area contributed by atoms with Crippen LogP contribution in [-0.2, 0) is 14.8 Å². The van der Waals surface area contributed by atoms with Crippen LogP contribution in [-0.4, -0.2) is 42.9 Å². The molecule has 0 saturated carbocycles. The van der Waals surface area contributed by atoms with Crippen LogP contribution in [0.15, 0.2) is 26.9 Å². The predicted octanol–water partition coefficient (Wildman–Crippen LogP) is 3.53. The second-order valence-electron chi connectivity index (χ2n) is 7.33. The number of aromatic nitrogens is 1. The molecule has 7 nitrogen and oxygen atoms in total. The maximum Gasteiger partial charge on any atom is 0.248 e. The molecular formula is C20H27N3O4S2. The van der Waals surface area contributed by atoms with E-state index in [0.29, 0.717) is 25.1 Å². The summed E-state index contributed by atoms with van der Waals surface area (Å²) in [5, 5.41) is 8.78. The van der Waals surface area contributed by atoms with E-state index >= 15 is 0 Å². The van der Waals surface area contributed by atoms with Gasteiger partial charge in [-0.25, -0.2) is 8.42 Å². The highest BCUT2D eigenvalue weighted by Crippen LogP contribution is 2.29. The molecule has 0 bridgehead atoms. The van der Waals surface area contributed by atoms with Gasteiger partial charge in [-0.1, -0.05) is 18.1 Å². The number of hydrogen-bond donors (Lipinski definition) is 1. The van der Waals surface area contributed by atoms with Gasteiger partial charge in [-0.15, -0.1) is 11.3 Å². The van der Waals surface area contributed by atoms with Gasteiger partial charge in [-0.2, -0.15) is 4.31 Å². The maximum absolute atomic E-state index is 13.4. The summed E-state index contributed by atoms with van der Waals surface area (Å²) in [6.45, 7) is 6.12. The molecule has 3 rings (SSSR count). The lowest BCUT2D eigenvalue weighted by atomic mass is 9.98. The largest absolute Gasteiger partial charge is 0.355 e. The van der Waals surface area contributed by atoms with Crippen molar-refractivity contribution < 1.29 is 17.7 Å². The molecule has 0 radical (unpaired) electrons. The van der Waals surface area contributed by atoms with Crippen molar-refractivity contribution in [2.24, 2.45) is 5.92 Å². The Bertz CT molecular complexity index is 964. The van der Waals surface area contributed by atoms with Crippen LogP contribution in [0.2, 0.25) is 0 Å². The number of carbonyl (C=O) groups is 1. The number of hydrogen-bond acceptors (Lipinski definition) is 6. The minimum atomic E-state index is -3.82. The lowest BCUT2D eigenvalue weighted by Crippen LogP contribution is -2.47. The summed E-state index contributed by atoms with van der Waals surface area (Å²) in [6.07, 6.45) is 5.60. The Hall–Kier alpha value is -1.97. The fourth-order valence-electron chi connectivity index (χ4n) is 3.31. The maximum atomic E-state index is 13.4. The fraction of sp³-hybridized carbons (Fsp3) is 0.500. The average Bonchev–Trinajstić information content (AvgIpc) is 3.36. The number of carbonyl (C=O) groups excluding carboxylic acids is 1. The average molecular weight is 438 g/mol. The van der Waals surface area contributed by atoms with Crippen LogP contribution in [0.4, 0.5) is 0 Å². The molecule has 0 aliphatic carbocycles. The first kappa shape index (κ1) is 21.7. The number of nitrogens with zero attached hydrogens (tertiary/aromatic N) is 2. The molecule has 2 aromatic heterocycles. The molecule has 158 valence electrons. The van der Waals surface area contributed by atoms with Crippen LogP contribution in [0.3, 0.4) is 0 Å². The van der Waals surface area contributed by atoms with Crippen LogP contribution in [0.25, 0.3) is 12.2 Å². The van der Waals surface area contributed by atoms with Crippen molar-refractivity contribution in [1.29, 1.82) is 0 Å². The van der Waals surface area contributed by atoms with Crippen LogP contribution >= 0.6 is 11.3 Å². The zero-order chi connectivity index (χ0) is 21.0. The summed E-state index contributed by atoms with van der Waals surface area (Å²) >= 11 is 1.55. The molecule has 9 heteroatoms. The Balaban J connectivity index is 1.82. The monoisotopic (exact) mass is 437 g/mol. The van der Waals surface area contributed by atoms with Gasteiger partial charge < -0.3 is 9.84 Å².